The Balaban J connectivity index is 1.54. The first-order valence-corrected chi connectivity index (χ1v) is 12.0. The summed E-state index contributed by atoms with van der Waals surface area (Å²) in [5.74, 6) is -0.0917. The number of rotatable bonds is 6. The van der Waals surface area contributed by atoms with Gasteiger partial charge in [-0.15, -0.1) is 0 Å². The number of piperidine rings is 2. The highest BCUT2D eigenvalue weighted by Gasteiger charge is 2.41. The number of carbonyl (C=O) groups excluding carboxylic acids is 2. The Kier molecular flexibility index (Phi) is 7.53. The fraction of sp³-hybridized carbons (Fsp3) is 0.462. The standard InChI is InChI=1S/C26H30ClFN2O3/c27-20-9-11-21(12-10-20)33-19-26(17-24(31)29-14-4-1-5-15-29)13-6-16-30(18-26)25(32)22-7-2-3-8-23(22)28/h2-3,7-12H,1,4-6,13-19H2. The van der Waals surface area contributed by atoms with Crippen LogP contribution in [-0.4, -0.2) is 54.4 Å². The van der Waals surface area contributed by atoms with E-state index in [1.54, 1.807) is 41.3 Å². The molecule has 2 saturated heterocycles. The van der Waals surface area contributed by atoms with Crippen molar-refractivity contribution in [2.24, 2.45) is 5.41 Å². The summed E-state index contributed by atoms with van der Waals surface area (Å²) in [4.78, 5) is 30.0. The molecule has 0 N–H and O–H groups in total. The molecule has 2 aliphatic heterocycles. The predicted molar refractivity (Wildman–Crippen MR) is 126 cm³/mol. The lowest BCUT2D eigenvalue weighted by Crippen LogP contribution is -2.51. The molecular formula is C26H30ClFN2O3. The quantitative estimate of drug-likeness (QED) is 0.581. The summed E-state index contributed by atoms with van der Waals surface area (Å²) in [5, 5.41) is 0.622. The first-order valence-electron chi connectivity index (χ1n) is 11.7. The first-order chi connectivity index (χ1) is 16.0. The summed E-state index contributed by atoms with van der Waals surface area (Å²) in [6.07, 6.45) is 5.01. The lowest BCUT2D eigenvalue weighted by atomic mass is 9.77. The summed E-state index contributed by atoms with van der Waals surface area (Å²) in [5.41, 5.74) is -0.470. The van der Waals surface area contributed by atoms with Crippen molar-refractivity contribution >= 4 is 23.4 Å². The van der Waals surface area contributed by atoms with E-state index in [1.807, 2.05) is 4.90 Å². The van der Waals surface area contributed by atoms with E-state index in [0.717, 1.165) is 45.2 Å². The topological polar surface area (TPSA) is 49.9 Å². The molecule has 0 saturated carbocycles. The fourth-order valence-corrected chi connectivity index (χ4v) is 4.97. The van der Waals surface area contributed by atoms with Gasteiger partial charge < -0.3 is 14.5 Å². The zero-order valence-electron chi connectivity index (χ0n) is 18.8. The molecule has 2 aromatic rings. The molecule has 0 aromatic heterocycles. The van der Waals surface area contributed by atoms with Crippen molar-refractivity contribution < 1.29 is 18.7 Å². The van der Waals surface area contributed by atoms with E-state index in [-0.39, 0.29) is 17.4 Å². The smallest absolute Gasteiger partial charge is 0.256 e. The highest BCUT2D eigenvalue weighted by Crippen LogP contribution is 2.36. The third kappa shape index (κ3) is 5.85. The molecule has 2 fully saturated rings. The van der Waals surface area contributed by atoms with Gasteiger partial charge in [0.15, 0.2) is 0 Å². The van der Waals surface area contributed by atoms with E-state index in [0.29, 0.717) is 36.9 Å². The zero-order valence-corrected chi connectivity index (χ0v) is 19.5. The van der Waals surface area contributed by atoms with Crippen molar-refractivity contribution in [3.8, 4) is 5.75 Å². The molecular weight excluding hydrogens is 443 g/mol. The number of likely N-dealkylation sites (tertiary alicyclic amines) is 2. The van der Waals surface area contributed by atoms with Crippen molar-refractivity contribution in [3.05, 3.63) is 64.9 Å². The van der Waals surface area contributed by atoms with Crippen LogP contribution in [0.25, 0.3) is 0 Å². The maximum absolute atomic E-state index is 14.3. The number of amides is 2. The van der Waals surface area contributed by atoms with Gasteiger partial charge >= 0.3 is 0 Å². The number of hydrogen-bond acceptors (Lipinski definition) is 3. The van der Waals surface area contributed by atoms with Gasteiger partial charge in [-0.1, -0.05) is 23.7 Å². The van der Waals surface area contributed by atoms with E-state index in [4.69, 9.17) is 16.3 Å². The molecule has 1 unspecified atom stereocenters. The Morgan fingerprint density at radius 2 is 1.64 bits per heavy atom. The highest BCUT2D eigenvalue weighted by molar-refractivity contribution is 6.30. The molecule has 1 atom stereocenters. The van der Waals surface area contributed by atoms with Crippen molar-refractivity contribution in [1.29, 1.82) is 0 Å². The summed E-state index contributed by atoms with van der Waals surface area (Å²) in [6, 6.07) is 13.2. The molecule has 2 aliphatic rings. The number of benzene rings is 2. The third-order valence-corrected chi connectivity index (χ3v) is 6.90. The van der Waals surface area contributed by atoms with E-state index in [2.05, 4.69) is 0 Å². The maximum atomic E-state index is 14.3. The number of halogens is 2. The average molecular weight is 473 g/mol. The van der Waals surface area contributed by atoms with Gasteiger partial charge in [-0.25, -0.2) is 4.39 Å². The van der Waals surface area contributed by atoms with Gasteiger partial charge in [0.05, 0.1) is 12.2 Å². The van der Waals surface area contributed by atoms with Gasteiger partial charge in [0.2, 0.25) is 5.91 Å². The minimum absolute atomic E-state index is 0.0641. The fourth-order valence-electron chi connectivity index (χ4n) is 4.84. The molecule has 33 heavy (non-hydrogen) atoms. The van der Waals surface area contributed by atoms with Gasteiger partial charge in [-0.3, -0.25) is 9.59 Å². The Bertz CT molecular complexity index is 978. The molecule has 0 aliphatic carbocycles. The van der Waals surface area contributed by atoms with Gasteiger partial charge in [-0.05, 0) is 68.5 Å². The Hall–Kier alpha value is -2.60. The molecule has 5 nitrogen and oxygen atoms in total. The second-order valence-electron chi connectivity index (χ2n) is 9.17. The van der Waals surface area contributed by atoms with Crippen molar-refractivity contribution in [2.45, 2.75) is 38.5 Å². The summed E-state index contributed by atoms with van der Waals surface area (Å²) >= 11 is 5.99. The van der Waals surface area contributed by atoms with E-state index in [9.17, 15) is 14.0 Å². The summed E-state index contributed by atoms with van der Waals surface area (Å²) < 4.78 is 20.4. The van der Waals surface area contributed by atoms with Crippen LogP contribution < -0.4 is 4.74 Å². The van der Waals surface area contributed by atoms with Crippen LogP contribution in [0.15, 0.2) is 48.5 Å². The van der Waals surface area contributed by atoms with Crippen LogP contribution >= 0.6 is 11.6 Å². The Morgan fingerprint density at radius 1 is 0.939 bits per heavy atom. The van der Waals surface area contributed by atoms with Crippen LogP contribution in [0.2, 0.25) is 5.02 Å². The minimum Gasteiger partial charge on any atom is -0.493 e. The van der Waals surface area contributed by atoms with Crippen LogP contribution in [0.1, 0.15) is 48.9 Å². The monoisotopic (exact) mass is 472 g/mol. The Morgan fingerprint density at radius 3 is 2.36 bits per heavy atom. The van der Waals surface area contributed by atoms with Crippen LogP contribution in [0.5, 0.6) is 5.75 Å². The SMILES string of the molecule is O=C(CC1(COc2ccc(Cl)cc2)CCCN(C(=O)c2ccccc2F)C1)N1CCCCC1. The maximum Gasteiger partial charge on any atom is 0.256 e. The van der Waals surface area contributed by atoms with E-state index in [1.165, 1.54) is 12.1 Å². The molecule has 2 amide bonds. The number of carbonyl (C=O) groups is 2. The summed E-state index contributed by atoms with van der Waals surface area (Å²) in [6.45, 7) is 2.76. The normalized spacial score (nSPS) is 21.0. The molecule has 0 spiro atoms. The minimum atomic E-state index is -0.534. The molecule has 176 valence electrons. The molecule has 2 aromatic carbocycles. The average Bonchev–Trinajstić information content (AvgIpc) is 2.84. The molecule has 2 heterocycles. The second-order valence-corrected chi connectivity index (χ2v) is 9.61. The molecule has 0 radical (unpaired) electrons. The van der Waals surface area contributed by atoms with Crippen LogP contribution in [0, 0.1) is 11.2 Å². The second kappa shape index (κ2) is 10.6. The van der Waals surface area contributed by atoms with Crippen molar-refractivity contribution in [3.63, 3.8) is 0 Å². The number of ether oxygens (including phenoxy) is 1. The first kappa shape index (κ1) is 23.6. The third-order valence-electron chi connectivity index (χ3n) is 6.65. The molecule has 7 heteroatoms. The molecule has 4 rings (SSSR count). The number of hydrogen-bond donors (Lipinski definition) is 0. The lowest BCUT2D eigenvalue weighted by molar-refractivity contribution is -0.136. The zero-order chi connectivity index (χ0) is 23.3. The predicted octanol–water partition coefficient (Wildman–Crippen LogP) is 5.18. The van der Waals surface area contributed by atoms with Gasteiger partial charge in [-0.2, -0.15) is 0 Å². The van der Waals surface area contributed by atoms with Crippen molar-refractivity contribution in [2.75, 3.05) is 32.8 Å². The van der Waals surface area contributed by atoms with Gasteiger partial charge in [0, 0.05) is 43.0 Å². The highest BCUT2D eigenvalue weighted by atomic mass is 35.5. The lowest BCUT2D eigenvalue weighted by Gasteiger charge is -2.43. The van der Waals surface area contributed by atoms with Gasteiger partial charge in [0.25, 0.3) is 5.91 Å². The largest absolute Gasteiger partial charge is 0.493 e. The van der Waals surface area contributed by atoms with E-state index >= 15 is 0 Å². The Labute approximate surface area is 199 Å². The molecule has 0 bridgehead atoms. The van der Waals surface area contributed by atoms with Gasteiger partial charge in [0.1, 0.15) is 11.6 Å². The van der Waals surface area contributed by atoms with Crippen LogP contribution in [0.3, 0.4) is 0 Å². The van der Waals surface area contributed by atoms with Crippen LogP contribution in [0.4, 0.5) is 4.39 Å². The number of nitrogens with zero attached hydrogens (tertiary/aromatic N) is 2. The van der Waals surface area contributed by atoms with E-state index < -0.39 is 11.2 Å². The van der Waals surface area contributed by atoms with Crippen LogP contribution in [-0.2, 0) is 4.79 Å². The summed E-state index contributed by atoms with van der Waals surface area (Å²) in [7, 11) is 0. The van der Waals surface area contributed by atoms with Crippen molar-refractivity contribution in [1.82, 2.24) is 9.80 Å².